The molecule has 0 aliphatic heterocycles. The van der Waals surface area contributed by atoms with Crippen LogP contribution in [0.15, 0.2) is 61.4 Å². The van der Waals surface area contributed by atoms with Crippen LogP contribution in [0.2, 0.25) is 0 Å². The summed E-state index contributed by atoms with van der Waals surface area (Å²) in [6, 6.07) is 14.9. The maximum absolute atomic E-state index is 9.22. The van der Waals surface area contributed by atoms with Gasteiger partial charge in [0.15, 0.2) is 0 Å². The minimum atomic E-state index is 0.272. The third-order valence-corrected chi connectivity index (χ3v) is 2.83. The summed E-state index contributed by atoms with van der Waals surface area (Å²) in [7, 11) is 0. The van der Waals surface area contributed by atoms with Gasteiger partial charge in [-0.15, -0.1) is 0 Å². The molecule has 0 aliphatic carbocycles. The zero-order chi connectivity index (χ0) is 14.9. The van der Waals surface area contributed by atoms with E-state index in [2.05, 4.69) is 6.58 Å². The number of phenolic OH excluding ortho intramolecular Hbond substituents is 1. The minimum absolute atomic E-state index is 0.272. The van der Waals surface area contributed by atoms with Crippen LogP contribution in [-0.4, -0.2) is 18.3 Å². The highest BCUT2D eigenvalue weighted by atomic mass is 16.5. The molecule has 0 aliphatic rings. The molecule has 2 rings (SSSR count). The van der Waals surface area contributed by atoms with E-state index in [0.717, 1.165) is 16.9 Å². The van der Waals surface area contributed by atoms with Gasteiger partial charge in [-0.1, -0.05) is 43.0 Å². The Morgan fingerprint density at radius 1 is 0.857 bits per heavy atom. The second kappa shape index (κ2) is 7.80. The molecule has 108 valence electrons. The lowest BCUT2D eigenvalue weighted by Gasteiger charge is -2.05. The minimum Gasteiger partial charge on any atom is -0.508 e. The van der Waals surface area contributed by atoms with Gasteiger partial charge in [0.05, 0.1) is 6.26 Å². The Morgan fingerprint density at radius 3 is 2.00 bits per heavy atom. The number of benzene rings is 2. The average Bonchev–Trinajstić information content (AvgIpc) is 2.52. The number of hydrogen-bond donors (Lipinski definition) is 1. The van der Waals surface area contributed by atoms with Crippen LogP contribution in [-0.2, 0) is 4.74 Å². The van der Waals surface area contributed by atoms with Crippen LogP contribution in [0.25, 0.3) is 12.2 Å². The molecule has 0 amide bonds. The maximum Gasteiger partial charge on any atom is 0.122 e. The fourth-order valence-electron chi connectivity index (χ4n) is 1.74. The van der Waals surface area contributed by atoms with Crippen LogP contribution in [0.3, 0.4) is 0 Å². The number of hydrogen-bond acceptors (Lipinski definition) is 3. The van der Waals surface area contributed by atoms with Crippen molar-refractivity contribution in [2.75, 3.05) is 13.2 Å². The Kier molecular flexibility index (Phi) is 5.47. The van der Waals surface area contributed by atoms with E-state index in [9.17, 15) is 5.11 Å². The maximum atomic E-state index is 9.22. The van der Waals surface area contributed by atoms with Crippen molar-refractivity contribution in [1.29, 1.82) is 0 Å². The molecule has 0 radical (unpaired) electrons. The van der Waals surface area contributed by atoms with Crippen molar-refractivity contribution in [3.63, 3.8) is 0 Å². The molecule has 0 aromatic heterocycles. The van der Waals surface area contributed by atoms with Crippen molar-refractivity contribution >= 4 is 12.2 Å². The average molecular weight is 282 g/mol. The first-order valence-electron chi connectivity index (χ1n) is 6.70. The van der Waals surface area contributed by atoms with E-state index < -0.39 is 0 Å². The highest BCUT2D eigenvalue weighted by molar-refractivity contribution is 5.70. The molecule has 21 heavy (non-hydrogen) atoms. The molecule has 2 aromatic rings. The fourth-order valence-corrected chi connectivity index (χ4v) is 1.74. The molecule has 0 unspecified atom stereocenters. The summed E-state index contributed by atoms with van der Waals surface area (Å²) in [6.45, 7) is 4.45. The second-order valence-electron chi connectivity index (χ2n) is 4.38. The summed E-state index contributed by atoms with van der Waals surface area (Å²) < 4.78 is 10.5. The van der Waals surface area contributed by atoms with Crippen molar-refractivity contribution in [2.24, 2.45) is 0 Å². The first-order valence-corrected chi connectivity index (χ1v) is 6.70. The van der Waals surface area contributed by atoms with Gasteiger partial charge in [-0.2, -0.15) is 0 Å². The van der Waals surface area contributed by atoms with Gasteiger partial charge in [-0.05, 0) is 35.4 Å². The zero-order valence-corrected chi connectivity index (χ0v) is 11.7. The van der Waals surface area contributed by atoms with E-state index in [-0.39, 0.29) is 5.75 Å². The molecule has 0 bridgehead atoms. The first-order chi connectivity index (χ1) is 10.3. The fraction of sp³-hybridized carbons (Fsp3) is 0.111. The number of ether oxygens (including phenoxy) is 2. The summed E-state index contributed by atoms with van der Waals surface area (Å²) in [5.41, 5.74) is 2.12. The van der Waals surface area contributed by atoms with Gasteiger partial charge in [0.1, 0.15) is 24.7 Å². The highest BCUT2D eigenvalue weighted by Crippen LogP contribution is 2.16. The van der Waals surface area contributed by atoms with Crippen LogP contribution in [0.1, 0.15) is 11.1 Å². The molecule has 0 saturated heterocycles. The molecule has 0 fully saturated rings. The largest absolute Gasteiger partial charge is 0.508 e. The standard InChI is InChI=1S/C18H18O3/c1-2-20-13-14-21-18-11-7-16(8-12-18)4-3-15-5-9-17(19)10-6-15/h2-12,19H,1,13-14H2. The lowest BCUT2D eigenvalue weighted by Crippen LogP contribution is -2.03. The number of aromatic hydroxyl groups is 1. The summed E-state index contributed by atoms with van der Waals surface area (Å²) in [6.07, 6.45) is 5.41. The van der Waals surface area contributed by atoms with Crippen LogP contribution < -0.4 is 4.74 Å². The SMILES string of the molecule is C=COCCOc1ccc(C=Cc2ccc(O)cc2)cc1. The van der Waals surface area contributed by atoms with E-state index in [0.29, 0.717) is 13.2 Å². The topological polar surface area (TPSA) is 38.7 Å². The Hall–Kier alpha value is -2.68. The van der Waals surface area contributed by atoms with Crippen molar-refractivity contribution in [3.05, 3.63) is 72.5 Å². The predicted octanol–water partition coefficient (Wildman–Crippen LogP) is 4.10. The molecule has 3 heteroatoms. The Bertz CT molecular complexity index is 583. The first kappa shape index (κ1) is 14.7. The van der Waals surface area contributed by atoms with Crippen molar-refractivity contribution in [1.82, 2.24) is 0 Å². The van der Waals surface area contributed by atoms with Gasteiger partial charge in [-0.25, -0.2) is 0 Å². The van der Waals surface area contributed by atoms with Gasteiger partial charge in [0.2, 0.25) is 0 Å². The predicted molar refractivity (Wildman–Crippen MR) is 85.1 cm³/mol. The summed E-state index contributed by atoms with van der Waals surface area (Å²) in [5.74, 6) is 1.08. The quantitative estimate of drug-likeness (QED) is 0.472. The van der Waals surface area contributed by atoms with Crippen molar-refractivity contribution in [3.8, 4) is 11.5 Å². The smallest absolute Gasteiger partial charge is 0.122 e. The lowest BCUT2D eigenvalue weighted by molar-refractivity contribution is 0.179. The molecule has 2 aromatic carbocycles. The third kappa shape index (κ3) is 5.07. The molecule has 0 heterocycles. The monoisotopic (exact) mass is 282 g/mol. The van der Waals surface area contributed by atoms with Gasteiger partial charge in [0.25, 0.3) is 0 Å². The molecule has 0 saturated carbocycles. The Labute approximate surface area is 124 Å². The van der Waals surface area contributed by atoms with Crippen LogP contribution in [0.4, 0.5) is 0 Å². The number of rotatable bonds is 7. The summed E-state index contributed by atoms with van der Waals surface area (Å²) >= 11 is 0. The van der Waals surface area contributed by atoms with Crippen LogP contribution in [0, 0.1) is 0 Å². The van der Waals surface area contributed by atoms with E-state index in [4.69, 9.17) is 9.47 Å². The highest BCUT2D eigenvalue weighted by Gasteiger charge is 1.94. The molecular weight excluding hydrogens is 264 g/mol. The van der Waals surface area contributed by atoms with Crippen molar-refractivity contribution in [2.45, 2.75) is 0 Å². The molecule has 0 spiro atoms. The Morgan fingerprint density at radius 2 is 1.43 bits per heavy atom. The number of phenols is 1. The Balaban J connectivity index is 1.89. The second-order valence-corrected chi connectivity index (χ2v) is 4.38. The van der Waals surface area contributed by atoms with Crippen molar-refractivity contribution < 1.29 is 14.6 Å². The molecular formula is C18H18O3. The zero-order valence-electron chi connectivity index (χ0n) is 11.7. The van der Waals surface area contributed by atoms with E-state index in [1.165, 1.54) is 6.26 Å². The van der Waals surface area contributed by atoms with Gasteiger partial charge >= 0.3 is 0 Å². The van der Waals surface area contributed by atoms with Gasteiger partial charge < -0.3 is 14.6 Å². The summed E-state index contributed by atoms with van der Waals surface area (Å²) in [4.78, 5) is 0. The third-order valence-electron chi connectivity index (χ3n) is 2.83. The molecule has 3 nitrogen and oxygen atoms in total. The van der Waals surface area contributed by atoms with Gasteiger partial charge in [-0.3, -0.25) is 0 Å². The van der Waals surface area contributed by atoms with Gasteiger partial charge in [0, 0.05) is 0 Å². The van der Waals surface area contributed by atoms with E-state index in [1.807, 2.05) is 48.6 Å². The van der Waals surface area contributed by atoms with Crippen LogP contribution in [0.5, 0.6) is 11.5 Å². The normalized spacial score (nSPS) is 10.5. The van der Waals surface area contributed by atoms with E-state index >= 15 is 0 Å². The van der Waals surface area contributed by atoms with Crippen LogP contribution >= 0.6 is 0 Å². The van der Waals surface area contributed by atoms with E-state index in [1.54, 1.807) is 12.1 Å². The summed E-state index contributed by atoms with van der Waals surface area (Å²) in [5, 5.41) is 9.22. The lowest BCUT2D eigenvalue weighted by atomic mass is 10.1. The molecule has 0 atom stereocenters. The molecule has 1 N–H and O–H groups in total.